The van der Waals surface area contributed by atoms with Crippen LogP contribution >= 0.6 is 23.4 Å². The normalized spacial score (nSPS) is 15.3. The summed E-state index contributed by atoms with van der Waals surface area (Å²) in [7, 11) is 4.20. The molecular formula is C14H21ClN2S. The topological polar surface area (TPSA) is 15.3 Å². The Bertz CT molecular complexity index is 391. The summed E-state index contributed by atoms with van der Waals surface area (Å²) in [5, 5.41) is 4.44. The van der Waals surface area contributed by atoms with E-state index < -0.39 is 0 Å². The first-order valence-electron chi connectivity index (χ1n) is 6.45. The number of nitrogens with one attached hydrogen (secondary N) is 1. The average molecular weight is 285 g/mol. The second kappa shape index (κ2) is 6.80. The molecule has 1 aromatic carbocycles. The lowest BCUT2D eigenvalue weighted by Crippen LogP contribution is -2.17. The molecule has 2 rings (SSSR count). The highest BCUT2D eigenvalue weighted by molar-refractivity contribution is 7.99. The van der Waals surface area contributed by atoms with Gasteiger partial charge in [0.25, 0.3) is 0 Å². The Labute approximate surface area is 119 Å². The SMILES string of the molecule is CN(C)CCSc1c(Cl)cccc1CNC1CC1. The van der Waals surface area contributed by atoms with Gasteiger partial charge in [-0.25, -0.2) is 0 Å². The van der Waals surface area contributed by atoms with Crippen LogP contribution in [0, 0.1) is 0 Å². The van der Waals surface area contributed by atoms with E-state index in [1.165, 1.54) is 23.3 Å². The van der Waals surface area contributed by atoms with Crippen molar-refractivity contribution in [2.75, 3.05) is 26.4 Å². The van der Waals surface area contributed by atoms with E-state index in [2.05, 4.69) is 30.4 Å². The predicted molar refractivity (Wildman–Crippen MR) is 80.6 cm³/mol. The summed E-state index contributed by atoms with van der Waals surface area (Å²) in [6.07, 6.45) is 2.65. The fourth-order valence-electron chi connectivity index (χ4n) is 1.73. The van der Waals surface area contributed by atoms with Crippen LogP contribution in [0.4, 0.5) is 0 Å². The van der Waals surface area contributed by atoms with Crippen molar-refractivity contribution in [1.29, 1.82) is 0 Å². The summed E-state index contributed by atoms with van der Waals surface area (Å²) in [5.41, 5.74) is 1.33. The van der Waals surface area contributed by atoms with Crippen LogP contribution in [0.1, 0.15) is 18.4 Å². The lowest BCUT2D eigenvalue weighted by Gasteiger charge is -2.13. The third-order valence-corrected chi connectivity index (χ3v) is 4.58. The van der Waals surface area contributed by atoms with E-state index in [-0.39, 0.29) is 0 Å². The van der Waals surface area contributed by atoms with Crippen LogP contribution < -0.4 is 5.32 Å². The zero-order chi connectivity index (χ0) is 13.0. The van der Waals surface area contributed by atoms with Gasteiger partial charge in [0.1, 0.15) is 0 Å². The Hall–Kier alpha value is -0.220. The Kier molecular flexibility index (Phi) is 5.37. The Morgan fingerprint density at radius 2 is 2.17 bits per heavy atom. The van der Waals surface area contributed by atoms with Gasteiger partial charge in [0, 0.05) is 29.8 Å². The molecule has 100 valence electrons. The Morgan fingerprint density at radius 3 is 2.83 bits per heavy atom. The van der Waals surface area contributed by atoms with E-state index in [9.17, 15) is 0 Å². The van der Waals surface area contributed by atoms with Gasteiger partial charge in [-0.15, -0.1) is 11.8 Å². The summed E-state index contributed by atoms with van der Waals surface area (Å²) in [6, 6.07) is 6.95. The van der Waals surface area contributed by atoms with Gasteiger partial charge in [-0.3, -0.25) is 0 Å². The van der Waals surface area contributed by atoms with Gasteiger partial charge in [-0.05, 0) is 38.6 Å². The van der Waals surface area contributed by atoms with Crippen LogP contribution in [0.2, 0.25) is 5.02 Å². The van der Waals surface area contributed by atoms with Crippen molar-refractivity contribution >= 4 is 23.4 Å². The van der Waals surface area contributed by atoms with Gasteiger partial charge in [-0.2, -0.15) is 0 Å². The van der Waals surface area contributed by atoms with Crippen molar-refractivity contribution < 1.29 is 0 Å². The lowest BCUT2D eigenvalue weighted by molar-refractivity contribution is 0.437. The van der Waals surface area contributed by atoms with Crippen molar-refractivity contribution in [2.45, 2.75) is 30.3 Å². The zero-order valence-electron chi connectivity index (χ0n) is 11.1. The molecule has 0 heterocycles. The molecule has 1 aromatic rings. The second-order valence-electron chi connectivity index (χ2n) is 5.03. The zero-order valence-corrected chi connectivity index (χ0v) is 12.7. The molecule has 0 amide bonds. The van der Waals surface area contributed by atoms with Crippen molar-refractivity contribution in [3.8, 4) is 0 Å². The van der Waals surface area contributed by atoms with Gasteiger partial charge >= 0.3 is 0 Å². The van der Waals surface area contributed by atoms with Gasteiger partial charge in [0.15, 0.2) is 0 Å². The second-order valence-corrected chi connectivity index (χ2v) is 6.55. The molecular weight excluding hydrogens is 264 g/mol. The van der Waals surface area contributed by atoms with Crippen molar-refractivity contribution in [1.82, 2.24) is 10.2 Å². The highest BCUT2D eigenvalue weighted by Crippen LogP contribution is 2.31. The van der Waals surface area contributed by atoms with Crippen LogP contribution in [-0.2, 0) is 6.54 Å². The molecule has 1 aliphatic rings. The summed E-state index contributed by atoms with van der Waals surface area (Å²) >= 11 is 8.17. The minimum Gasteiger partial charge on any atom is -0.310 e. The van der Waals surface area contributed by atoms with Gasteiger partial charge in [-0.1, -0.05) is 23.7 Å². The minimum absolute atomic E-state index is 0.739. The van der Waals surface area contributed by atoms with Crippen molar-refractivity contribution in [3.63, 3.8) is 0 Å². The number of hydrogen-bond donors (Lipinski definition) is 1. The molecule has 0 radical (unpaired) electrons. The first-order valence-corrected chi connectivity index (χ1v) is 7.81. The quantitative estimate of drug-likeness (QED) is 0.774. The third kappa shape index (κ3) is 4.47. The number of nitrogens with zero attached hydrogens (tertiary/aromatic N) is 1. The van der Waals surface area contributed by atoms with Gasteiger partial charge < -0.3 is 10.2 Å². The molecule has 1 fully saturated rings. The lowest BCUT2D eigenvalue weighted by atomic mass is 10.2. The smallest absolute Gasteiger partial charge is 0.0545 e. The maximum Gasteiger partial charge on any atom is 0.0545 e. The summed E-state index contributed by atoms with van der Waals surface area (Å²) < 4.78 is 0. The first-order chi connectivity index (χ1) is 8.66. The first kappa shape index (κ1) is 14.2. The molecule has 1 aliphatic carbocycles. The van der Waals surface area contributed by atoms with E-state index in [4.69, 9.17) is 11.6 Å². The minimum atomic E-state index is 0.739. The number of benzene rings is 1. The van der Waals surface area contributed by atoms with E-state index in [1.807, 2.05) is 23.9 Å². The fourth-order valence-corrected chi connectivity index (χ4v) is 3.28. The van der Waals surface area contributed by atoms with Gasteiger partial charge in [0.2, 0.25) is 0 Å². The Morgan fingerprint density at radius 1 is 1.39 bits per heavy atom. The summed E-state index contributed by atoms with van der Waals surface area (Å²) in [5.74, 6) is 1.08. The monoisotopic (exact) mass is 284 g/mol. The van der Waals surface area contributed by atoms with Crippen LogP contribution in [0.25, 0.3) is 0 Å². The molecule has 0 aromatic heterocycles. The van der Waals surface area contributed by atoms with Crippen LogP contribution in [0.5, 0.6) is 0 Å². The third-order valence-electron chi connectivity index (χ3n) is 2.99. The van der Waals surface area contributed by atoms with E-state index in [0.717, 1.165) is 29.9 Å². The summed E-state index contributed by atoms with van der Waals surface area (Å²) in [4.78, 5) is 3.44. The molecule has 0 unspecified atom stereocenters. The molecule has 0 bridgehead atoms. The molecule has 2 nitrogen and oxygen atoms in total. The number of thioether (sulfide) groups is 1. The van der Waals surface area contributed by atoms with Crippen LogP contribution in [-0.4, -0.2) is 37.3 Å². The van der Waals surface area contributed by atoms with Crippen molar-refractivity contribution in [2.24, 2.45) is 0 Å². The van der Waals surface area contributed by atoms with E-state index in [0.29, 0.717) is 0 Å². The maximum atomic E-state index is 6.31. The van der Waals surface area contributed by atoms with Crippen molar-refractivity contribution in [3.05, 3.63) is 28.8 Å². The van der Waals surface area contributed by atoms with Crippen LogP contribution in [0.15, 0.2) is 23.1 Å². The molecule has 4 heteroatoms. The number of hydrogen-bond acceptors (Lipinski definition) is 3. The highest BCUT2D eigenvalue weighted by atomic mass is 35.5. The molecule has 18 heavy (non-hydrogen) atoms. The molecule has 1 saturated carbocycles. The number of rotatable bonds is 7. The Balaban J connectivity index is 1.95. The molecule has 0 spiro atoms. The largest absolute Gasteiger partial charge is 0.310 e. The summed E-state index contributed by atoms with van der Waals surface area (Å²) in [6.45, 7) is 2.01. The van der Waals surface area contributed by atoms with Crippen LogP contribution in [0.3, 0.4) is 0 Å². The highest BCUT2D eigenvalue weighted by Gasteiger charge is 2.20. The molecule has 0 saturated heterocycles. The fraction of sp³-hybridized carbons (Fsp3) is 0.571. The molecule has 1 N–H and O–H groups in total. The predicted octanol–water partition coefficient (Wildman–Crippen LogP) is 3.25. The van der Waals surface area contributed by atoms with Gasteiger partial charge in [0.05, 0.1) is 5.02 Å². The standard InChI is InChI=1S/C14H21ClN2S/c1-17(2)8-9-18-14-11(4-3-5-13(14)15)10-16-12-6-7-12/h3-5,12,16H,6-10H2,1-2H3. The molecule has 0 atom stereocenters. The molecule has 0 aliphatic heterocycles. The number of halogens is 1. The maximum absolute atomic E-state index is 6.31. The average Bonchev–Trinajstić information content (AvgIpc) is 3.12. The van der Waals surface area contributed by atoms with E-state index >= 15 is 0 Å². The van der Waals surface area contributed by atoms with E-state index in [1.54, 1.807) is 0 Å².